The topological polar surface area (TPSA) is 59.2 Å². The summed E-state index contributed by atoms with van der Waals surface area (Å²) in [5.41, 5.74) is 2.75. The van der Waals surface area contributed by atoms with Crippen molar-refractivity contribution in [2.45, 2.75) is 19.3 Å². The van der Waals surface area contributed by atoms with Gasteiger partial charge in [0.05, 0.1) is 5.56 Å². The van der Waals surface area contributed by atoms with E-state index in [-0.39, 0.29) is 5.91 Å². The zero-order valence-corrected chi connectivity index (χ0v) is 12.7. The van der Waals surface area contributed by atoms with Crippen LogP contribution < -0.4 is 0 Å². The van der Waals surface area contributed by atoms with E-state index in [0.717, 1.165) is 31.5 Å². The van der Waals surface area contributed by atoms with Crippen LogP contribution in [0.5, 0.6) is 0 Å². The molecule has 0 aliphatic carbocycles. The predicted octanol–water partition coefficient (Wildman–Crippen LogP) is 3.52. The van der Waals surface area contributed by atoms with Gasteiger partial charge < -0.3 is 9.32 Å². The van der Waals surface area contributed by atoms with Gasteiger partial charge in [-0.1, -0.05) is 6.07 Å². The summed E-state index contributed by atoms with van der Waals surface area (Å²) < 4.78 is 5.82. The Balaban J connectivity index is 1.75. The van der Waals surface area contributed by atoms with Crippen LogP contribution in [0.2, 0.25) is 0 Å². The number of piperidine rings is 1. The Hall–Kier alpha value is -2.69. The van der Waals surface area contributed by atoms with E-state index in [4.69, 9.17) is 4.42 Å². The maximum atomic E-state index is 12.8. The molecule has 1 fully saturated rings. The van der Waals surface area contributed by atoms with Crippen LogP contribution in [0.3, 0.4) is 0 Å². The van der Waals surface area contributed by atoms with Gasteiger partial charge in [0.25, 0.3) is 5.91 Å². The van der Waals surface area contributed by atoms with E-state index in [9.17, 15) is 4.79 Å². The molecule has 0 unspecified atom stereocenters. The molecule has 0 bridgehead atoms. The van der Waals surface area contributed by atoms with Crippen molar-refractivity contribution in [3.05, 3.63) is 48.3 Å². The van der Waals surface area contributed by atoms with E-state index in [1.54, 1.807) is 12.4 Å². The molecule has 4 rings (SSSR count). The number of carbonyl (C=O) groups is 1. The van der Waals surface area contributed by atoms with Gasteiger partial charge in [0.2, 0.25) is 5.89 Å². The van der Waals surface area contributed by atoms with E-state index >= 15 is 0 Å². The first kappa shape index (κ1) is 13.9. The number of para-hydroxylation sites is 1. The summed E-state index contributed by atoms with van der Waals surface area (Å²) in [6.45, 7) is 1.65. The smallest absolute Gasteiger partial charge is 0.256 e. The van der Waals surface area contributed by atoms with Gasteiger partial charge in [-0.15, -0.1) is 0 Å². The van der Waals surface area contributed by atoms with Crippen molar-refractivity contribution in [3.8, 4) is 11.5 Å². The molecule has 3 heterocycles. The van der Waals surface area contributed by atoms with Crippen molar-refractivity contribution < 1.29 is 9.21 Å². The number of aromatic nitrogens is 2. The minimum absolute atomic E-state index is 0.0462. The van der Waals surface area contributed by atoms with E-state index in [1.807, 2.05) is 35.2 Å². The maximum absolute atomic E-state index is 12.8. The lowest BCUT2D eigenvalue weighted by Gasteiger charge is -2.26. The van der Waals surface area contributed by atoms with E-state index in [2.05, 4.69) is 9.97 Å². The van der Waals surface area contributed by atoms with Crippen molar-refractivity contribution in [2.24, 2.45) is 0 Å². The summed E-state index contributed by atoms with van der Waals surface area (Å²) in [6.07, 6.45) is 6.74. The Bertz CT molecular complexity index is 836. The normalized spacial score (nSPS) is 15.0. The highest BCUT2D eigenvalue weighted by Gasteiger charge is 2.22. The molecule has 0 spiro atoms. The summed E-state index contributed by atoms with van der Waals surface area (Å²) in [5, 5.41) is 0. The quantitative estimate of drug-likeness (QED) is 0.727. The minimum Gasteiger partial charge on any atom is -0.436 e. The molecular formula is C18H17N3O2. The van der Waals surface area contributed by atoms with Crippen LogP contribution >= 0.6 is 0 Å². The van der Waals surface area contributed by atoms with Crippen molar-refractivity contribution >= 4 is 17.0 Å². The highest BCUT2D eigenvalue weighted by molar-refractivity contribution is 6.04. The molecule has 23 heavy (non-hydrogen) atoms. The second-order valence-electron chi connectivity index (χ2n) is 5.76. The van der Waals surface area contributed by atoms with Crippen LogP contribution in [-0.2, 0) is 0 Å². The van der Waals surface area contributed by atoms with Gasteiger partial charge in [-0.05, 0) is 43.5 Å². The highest BCUT2D eigenvalue weighted by Crippen LogP contribution is 2.27. The fraction of sp³-hybridized carbons (Fsp3) is 0.278. The lowest BCUT2D eigenvalue weighted by Crippen LogP contribution is -2.35. The number of pyridine rings is 1. The number of hydrogen-bond acceptors (Lipinski definition) is 4. The number of amides is 1. The summed E-state index contributed by atoms with van der Waals surface area (Å²) >= 11 is 0. The van der Waals surface area contributed by atoms with Gasteiger partial charge in [0.15, 0.2) is 5.58 Å². The van der Waals surface area contributed by atoms with Gasteiger partial charge in [-0.3, -0.25) is 9.78 Å². The molecule has 1 amide bonds. The molecule has 0 saturated carbocycles. The number of likely N-dealkylation sites (tertiary alicyclic amines) is 1. The van der Waals surface area contributed by atoms with E-state index < -0.39 is 0 Å². The Morgan fingerprint density at radius 2 is 1.83 bits per heavy atom. The lowest BCUT2D eigenvalue weighted by atomic mass is 10.1. The molecule has 1 aliphatic rings. The summed E-state index contributed by atoms with van der Waals surface area (Å²) in [4.78, 5) is 23.3. The third-order valence-corrected chi connectivity index (χ3v) is 4.22. The highest BCUT2D eigenvalue weighted by atomic mass is 16.3. The zero-order chi connectivity index (χ0) is 15.6. The van der Waals surface area contributed by atoms with Gasteiger partial charge in [0, 0.05) is 31.0 Å². The average molecular weight is 307 g/mol. The van der Waals surface area contributed by atoms with Gasteiger partial charge in [0.1, 0.15) is 5.52 Å². The SMILES string of the molecule is O=C(c1cccc2oc(-c3ccncc3)nc12)N1CCCCC1. The molecule has 1 aliphatic heterocycles. The first-order chi connectivity index (χ1) is 11.3. The van der Waals surface area contributed by atoms with Crippen LogP contribution in [0.15, 0.2) is 47.1 Å². The van der Waals surface area contributed by atoms with E-state index in [0.29, 0.717) is 22.6 Å². The monoisotopic (exact) mass is 307 g/mol. The van der Waals surface area contributed by atoms with Gasteiger partial charge in [-0.25, -0.2) is 4.98 Å². The first-order valence-corrected chi connectivity index (χ1v) is 7.92. The fourth-order valence-corrected chi connectivity index (χ4v) is 3.01. The third kappa shape index (κ3) is 2.59. The number of nitrogens with zero attached hydrogens (tertiary/aromatic N) is 3. The van der Waals surface area contributed by atoms with Crippen LogP contribution in [0.1, 0.15) is 29.6 Å². The second-order valence-corrected chi connectivity index (χ2v) is 5.76. The Morgan fingerprint density at radius 1 is 1.04 bits per heavy atom. The molecule has 0 atom stereocenters. The molecule has 1 saturated heterocycles. The molecule has 5 nitrogen and oxygen atoms in total. The molecule has 2 aromatic heterocycles. The van der Waals surface area contributed by atoms with Crippen molar-refractivity contribution in [3.63, 3.8) is 0 Å². The zero-order valence-electron chi connectivity index (χ0n) is 12.7. The number of oxazole rings is 1. The van der Waals surface area contributed by atoms with Crippen LogP contribution in [0, 0.1) is 0 Å². The molecule has 0 N–H and O–H groups in total. The first-order valence-electron chi connectivity index (χ1n) is 7.92. The summed E-state index contributed by atoms with van der Waals surface area (Å²) in [5.74, 6) is 0.561. The van der Waals surface area contributed by atoms with Crippen molar-refractivity contribution in [1.29, 1.82) is 0 Å². The Kier molecular flexibility index (Phi) is 3.54. The molecule has 3 aromatic rings. The van der Waals surface area contributed by atoms with Crippen molar-refractivity contribution in [1.82, 2.24) is 14.9 Å². The van der Waals surface area contributed by atoms with Crippen LogP contribution in [0.25, 0.3) is 22.6 Å². The second kappa shape index (κ2) is 5.83. The summed E-state index contributed by atoms with van der Waals surface area (Å²) in [7, 11) is 0. The number of rotatable bonds is 2. The maximum Gasteiger partial charge on any atom is 0.256 e. The third-order valence-electron chi connectivity index (χ3n) is 4.22. The standard InChI is InChI=1S/C18H17N3O2/c22-18(21-11-2-1-3-12-21)14-5-4-6-15-16(14)20-17(23-15)13-7-9-19-10-8-13/h4-10H,1-3,11-12H2. The minimum atomic E-state index is 0.0462. The average Bonchev–Trinajstić information content (AvgIpc) is 3.07. The summed E-state index contributed by atoms with van der Waals surface area (Å²) in [6, 6.07) is 9.22. The number of carbonyl (C=O) groups excluding carboxylic acids is 1. The lowest BCUT2D eigenvalue weighted by molar-refractivity contribution is 0.0726. The van der Waals surface area contributed by atoms with Gasteiger partial charge >= 0.3 is 0 Å². The molecular weight excluding hydrogens is 290 g/mol. The largest absolute Gasteiger partial charge is 0.436 e. The molecule has 1 aromatic carbocycles. The van der Waals surface area contributed by atoms with Crippen LogP contribution in [0.4, 0.5) is 0 Å². The van der Waals surface area contributed by atoms with E-state index in [1.165, 1.54) is 6.42 Å². The number of fused-ring (bicyclic) bond motifs is 1. The molecule has 116 valence electrons. The number of hydrogen-bond donors (Lipinski definition) is 0. The fourth-order valence-electron chi connectivity index (χ4n) is 3.01. The predicted molar refractivity (Wildman–Crippen MR) is 87.0 cm³/mol. The Labute approximate surface area is 134 Å². The van der Waals surface area contributed by atoms with Gasteiger partial charge in [-0.2, -0.15) is 0 Å². The molecule has 0 radical (unpaired) electrons. The van der Waals surface area contributed by atoms with Crippen LogP contribution in [-0.4, -0.2) is 33.9 Å². The molecule has 5 heteroatoms. The Morgan fingerprint density at radius 3 is 2.61 bits per heavy atom. The van der Waals surface area contributed by atoms with Crippen molar-refractivity contribution in [2.75, 3.05) is 13.1 Å². The number of benzene rings is 1.